The van der Waals surface area contributed by atoms with Crippen LogP contribution in [0.25, 0.3) is 32.8 Å². The molecule has 2 aromatic carbocycles. The van der Waals surface area contributed by atoms with Crippen molar-refractivity contribution in [3.63, 3.8) is 0 Å². The van der Waals surface area contributed by atoms with Crippen molar-refractivity contribution in [3.05, 3.63) is 52.9 Å². The zero-order chi connectivity index (χ0) is 13.7. The Bertz CT molecular complexity index is 1040. The number of rotatable bonds is 0. The Morgan fingerprint density at radius 2 is 1.80 bits per heavy atom. The number of phenols is 1. The molecule has 20 heavy (non-hydrogen) atoms. The maximum atomic E-state index is 11.3. The van der Waals surface area contributed by atoms with E-state index in [0.29, 0.717) is 21.9 Å². The standard InChI is InChI=1S/C15H8N2O3/c18-13-6-5-9-12(20-13)7-10-8-3-1-2-4-11(8)16-17-14(10)15(9)19/h1-7,19H. The fraction of sp³-hybridized carbons (Fsp3) is 0. The highest BCUT2D eigenvalue weighted by Crippen LogP contribution is 2.34. The molecule has 0 aliphatic rings. The summed E-state index contributed by atoms with van der Waals surface area (Å²) < 4.78 is 5.14. The quantitative estimate of drug-likeness (QED) is 0.300. The lowest BCUT2D eigenvalue weighted by Gasteiger charge is -2.06. The molecule has 0 radical (unpaired) electrons. The average molecular weight is 264 g/mol. The van der Waals surface area contributed by atoms with Gasteiger partial charge in [0.15, 0.2) is 5.75 Å². The number of aromatic nitrogens is 2. The number of hydrogen-bond acceptors (Lipinski definition) is 5. The largest absolute Gasteiger partial charge is 0.505 e. The van der Waals surface area contributed by atoms with Crippen LogP contribution in [0.3, 0.4) is 0 Å². The minimum absolute atomic E-state index is 0.0282. The monoisotopic (exact) mass is 264 g/mol. The Hall–Kier alpha value is -2.95. The second-order valence-electron chi connectivity index (χ2n) is 4.50. The van der Waals surface area contributed by atoms with E-state index in [1.807, 2.05) is 24.3 Å². The molecule has 0 saturated heterocycles. The number of hydrogen-bond donors (Lipinski definition) is 1. The van der Waals surface area contributed by atoms with E-state index in [4.69, 9.17) is 4.42 Å². The van der Waals surface area contributed by atoms with Gasteiger partial charge in [-0.15, -0.1) is 10.2 Å². The highest BCUT2D eigenvalue weighted by molar-refractivity contribution is 6.11. The lowest BCUT2D eigenvalue weighted by atomic mass is 10.1. The summed E-state index contributed by atoms with van der Waals surface area (Å²) in [5.74, 6) is -0.0282. The van der Waals surface area contributed by atoms with E-state index in [1.54, 1.807) is 6.07 Å². The molecule has 1 N–H and O–H groups in total. The summed E-state index contributed by atoms with van der Waals surface area (Å²) in [5, 5.41) is 20.4. The topological polar surface area (TPSA) is 76.2 Å². The van der Waals surface area contributed by atoms with E-state index in [0.717, 1.165) is 10.9 Å². The van der Waals surface area contributed by atoms with Crippen LogP contribution in [0, 0.1) is 0 Å². The molecule has 0 fully saturated rings. The Kier molecular flexibility index (Phi) is 2.06. The number of nitrogens with zero attached hydrogens (tertiary/aromatic N) is 2. The van der Waals surface area contributed by atoms with E-state index < -0.39 is 5.63 Å². The van der Waals surface area contributed by atoms with E-state index in [2.05, 4.69) is 10.2 Å². The van der Waals surface area contributed by atoms with Gasteiger partial charge in [0.25, 0.3) is 0 Å². The molecule has 4 aromatic rings. The van der Waals surface area contributed by atoms with Crippen LogP contribution in [0.4, 0.5) is 0 Å². The van der Waals surface area contributed by atoms with Crippen LogP contribution in [0.15, 0.2) is 51.7 Å². The predicted octanol–water partition coefficient (Wildman–Crippen LogP) is 2.60. The van der Waals surface area contributed by atoms with Gasteiger partial charge in [-0.1, -0.05) is 18.2 Å². The summed E-state index contributed by atoms with van der Waals surface area (Å²) in [6.07, 6.45) is 0. The van der Waals surface area contributed by atoms with Crippen molar-refractivity contribution < 1.29 is 9.52 Å². The van der Waals surface area contributed by atoms with Gasteiger partial charge in [0.05, 0.1) is 10.9 Å². The van der Waals surface area contributed by atoms with Crippen molar-refractivity contribution in [2.24, 2.45) is 0 Å². The van der Waals surface area contributed by atoms with Crippen LogP contribution in [0.1, 0.15) is 0 Å². The van der Waals surface area contributed by atoms with Gasteiger partial charge in [-0.2, -0.15) is 0 Å². The molecular formula is C15H8N2O3. The van der Waals surface area contributed by atoms with Crippen LogP contribution in [-0.4, -0.2) is 15.3 Å². The first-order chi connectivity index (χ1) is 9.74. The van der Waals surface area contributed by atoms with Crippen molar-refractivity contribution >= 4 is 32.8 Å². The summed E-state index contributed by atoms with van der Waals surface area (Å²) >= 11 is 0. The summed E-state index contributed by atoms with van der Waals surface area (Å²) in [4.78, 5) is 11.3. The molecule has 0 saturated carbocycles. The second-order valence-corrected chi connectivity index (χ2v) is 4.50. The predicted molar refractivity (Wildman–Crippen MR) is 74.8 cm³/mol. The van der Waals surface area contributed by atoms with Gasteiger partial charge in [0, 0.05) is 16.8 Å². The highest BCUT2D eigenvalue weighted by atomic mass is 16.4. The molecule has 0 amide bonds. The molecule has 5 heteroatoms. The maximum absolute atomic E-state index is 11.3. The first-order valence-electron chi connectivity index (χ1n) is 6.05. The molecule has 0 spiro atoms. The van der Waals surface area contributed by atoms with Crippen LogP contribution >= 0.6 is 0 Å². The summed E-state index contributed by atoms with van der Waals surface area (Å²) in [7, 11) is 0. The van der Waals surface area contributed by atoms with Crippen LogP contribution < -0.4 is 5.63 Å². The zero-order valence-corrected chi connectivity index (χ0v) is 10.2. The normalized spacial score (nSPS) is 11.4. The molecule has 0 atom stereocenters. The summed E-state index contributed by atoms with van der Waals surface area (Å²) in [6.45, 7) is 0. The van der Waals surface area contributed by atoms with Crippen LogP contribution in [0.5, 0.6) is 5.75 Å². The van der Waals surface area contributed by atoms with Gasteiger partial charge < -0.3 is 9.52 Å². The molecule has 0 unspecified atom stereocenters. The Morgan fingerprint density at radius 1 is 0.950 bits per heavy atom. The van der Waals surface area contributed by atoms with Crippen LogP contribution in [-0.2, 0) is 0 Å². The molecule has 0 bridgehead atoms. The van der Waals surface area contributed by atoms with Crippen molar-refractivity contribution in [2.75, 3.05) is 0 Å². The Labute approximate surface area is 112 Å². The number of fused-ring (bicyclic) bond motifs is 4. The third kappa shape index (κ3) is 1.40. The lowest BCUT2D eigenvalue weighted by Crippen LogP contribution is -1.95. The SMILES string of the molecule is O=c1ccc2c(O)c3nnc4ccccc4c3cc2o1. The van der Waals surface area contributed by atoms with Crippen molar-refractivity contribution in [1.29, 1.82) is 0 Å². The number of phenolic OH excluding ortho intramolecular Hbond substituents is 1. The van der Waals surface area contributed by atoms with Gasteiger partial charge in [0.2, 0.25) is 0 Å². The minimum Gasteiger partial charge on any atom is -0.505 e. The fourth-order valence-electron chi connectivity index (χ4n) is 2.39. The first kappa shape index (κ1) is 10.9. The molecule has 96 valence electrons. The van der Waals surface area contributed by atoms with Gasteiger partial charge >= 0.3 is 5.63 Å². The smallest absolute Gasteiger partial charge is 0.336 e. The van der Waals surface area contributed by atoms with E-state index in [-0.39, 0.29) is 5.75 Å². The molecule has 0 aliphatic carbocycles. The summed E-state index contributed by atoms with van der Waals surface area (Å²) in [5.41, 5.74) is 0.991. The average Bonchev–Trinajstić information content (AvgIpc) is 2.47. The Morgan fingerprint density at radius 3 is 2.70 bits per heavy atom. The van der Waals surface area contributed by atoms with Crippen molar-refractivity contribution in [1.82, 2.24) is 10.2 Å². The molecule has 2 aromatic heterocycles. The van der Waals surface area contributed by atoms with E-state index >= 15 is 0 Å². The number of benzene rings is 2. The van der Waals surface area contributed by atoms with Gasteiger partial charge in [-0.25, -0.2) is 4.79 Å². The molecule has 2 heterocycles. The third-order valence-corrected chi connectivity index (χ3v) is 3.32. The second kappa shape index (κ2) is 3.77. The zero-order valence-electron chi connectivity index (χ0n) is 10.2. The van der Waals surface area contributed by atoms with Crippen molar-refractivity contribution in [3.8, 4) is 5.75 Å². The highest BCUT2D eigenvalue weighted by Gasteiger charge is 2.12. The van der Waals surface area contributed by atoms with E-state index in [9.17, 15) is 9.90 Å². The first-order valence-corrected chi connectivity index (χ1v) is 6.05. The minimum atomic E-state index is -0.456. The maximum Gasteiger partial charge on any atom is 0.336 e. The summed E-state index contributed by atoms with van der Waals surface area (Å²) in [6, 6.07) is 12.0. The van der Waals surface area contributed by atoms with E-state index in [1.165, 1.54) is 12.1 Å². The third-order valence-electron chi connectivity index (χ3n) is 3.32. The van der Waals surface area contributed by atoms with Gasteiger partial charge in [0.1, 0.15) is 11.1 Å². The van der Waals surface area contributed by atoms with Crippen LogP contribution in [0.2, 0.25) is 0 Å². The molecular weight excluding hydrogens is 256 g/mol. The van der Waals surface area contributed by atoms with Gasteiger partial charge in [-0.3, -0.25) is 0 Å². The molecule has 4 rings (SSSR count). The lowest BCUT2D eigenvalue weighted by molar-refractivity contribution is 0.483. The van der Waals surface area contributed by atoms with Gasteiger partial charge in [-0.05, 0) is 18.2 Å². The number of aromatic hydroxyl groups is 1. The molecule has 5 nitrogen and oxygen atoms in total. The van der Waals surface area contributed by atoms with Crippen molar-refractivity contribution in [2.45, 2.75) is 0 Å². The molecule has 0 aliphatic heterocycles. The fourth-order valence-corrected chi connectivity index (χ4v) is 2.39. The Balaban J connectivity index is 2.32.